The first-order valence-electron chi connectivity index (χ1n) is 12.0. The molecule has 3 rings (SSSR count). The average molecular weight is 544 g/mol. The van der Waals surface area contributed by atoms with E-state index in [2.05, 4.69) is 15.1 Å². The third-order valence-electron chi connectivity index (χ3n) is 5.37. The molecule has 1 heterocycles. The highest BCUT2D eigenvalue weighted by atomic mass is 32.2. The maximum Gasteiger partial charge on any atom is 0.272 e. The maximum atomic E-state index is 13.3. The summed E-state index contributed by atoms with van der Waals surface area (Å²) in [5, 5.41) is 18.8. The Hall–Kier alpha value is -3.77. The number of benzene rings is 2. The van der Waals surface area contributed by atoms with Gasteiger partial charge in [-0.25, -0.2) is 13.1 Å². The Morgan fingerprint density at radius 1 is 1.11 bits per heavy atom. The molecule has 204 valence electrons. The summed E-state index contributed by atoms with van der Waals surface area (Å²) in [6.45, 7) is 14.0. The summed E-state index contributed by atoms with van der Waals surface area (Å²) in [7, 11) is -4.24. The van der Waals surface area contributed by atoms with Crippen LogP contribution in [0.2, 0.25) is 0 Å². The summed E-state index contributed by atoms with van der Waals surface area (Å²) in [6, 6.07) is 8.88. The normalized spacial score (nSPS) is 12.0. The van der Waals surface area contributed by atoms with Crippen LogP contribution in [-0.2, 0) is 10.0 Å². The van der Waals surface area contributed by atoms with Gasteiger partial charge in [-0.15, -0.1) is 0 Å². The van der Waals surface area contributed by atoms with Crippen LogP contribution in [0.3, 0.4) is 0 Å². The minimum Gasteiger partial charge on any atom is -0.437 e. The van der Waals surface area contributed by atoms with Crippen molar-refractivity contribution in [3.8, 4) is 17.3 Å². The van der Waals surface area contributed by atoms with Gasteiger partial charge in [-0.2, -0.15) is 9.78 Å². The monoisotopic (exact) mass is 543 g/mol. The summed E-state index contributed by atoms with van der Waals surface area (Å²) < 4.78 is 36.7. The van der Waals surface area contributed by atoms with Gasteiger partial charge in [-0.1, -0.05) is 12.1 Å². The number of aryl methyl sites for hydroxylation is 2. The van der Waals surface area contributed by atoms with Crippen LogP contribution in [0, 0.1) is 30.9 Å². The molecule has 0 aliphatic heterocycles. The lowest BCUT2D eigenvalue weighted by molar-refractivity contribution is -0.385. The molecule has 0 saturated carbocycles. The fourth-order valence-electron chi connectivity index (χ4n) is 3.72. The van der Waals surface area contributed by atoms with Gasteiger partial charge in [0.15, 0.2) is 5.69 Å². The lowest BCUT2D eigenvalue weighted by Crippen LogP contribution is -2.40. The molecule has 11 nitrogen and oxygen atoms in total. The number of amides is 1. The molecule has 0 fully saturated rings. The van der Waals surface area contributed by atoms with Crippen molar-refractivity contribution in [2.24, 2.45) is 0 Å². The van der Waals surface area contributed by atoms with Crippen LogP contribution in [0.5, 0.6) is 11.6 Å². The molecule has 0 aliphatic rings. The fraction of sp³-hybridized carbons (Fsp3) is 0.385. The number of nitrogens with one attached hydrogen (secondary N) is 2. The molecule has 2 aromatic carbocycles. The fourth-order valence-corrected chi connectivity index (χ4v) is 5.29. The lowest BCUT2D eigenvalue weighted by atomic mass is 10.1. The van der Waals surface area contributed by atoms with Crippen LogP contribution >= 0.6 is 0 Å². The third kappa shape index (κ3) is 6.37. The second kappa shape index (κ2) is 10.5. The Morgan fingerprint density at radius 2 is 1.76 bits per heavy atom. The van der Waals surface area contributed by atoms with Crippen LogP contribution < -0.4 is 14.8 Å². The number of carbonyl (C=O) groups is 1. The van der Waals surface area contributed by atoms with Crippen molar-refractivity contribution in [3.63, 3.8) is 0 Å². The number of ether oxygens (including phenoxy) is 1. The number of nitro groups is 1. The van der Waals surface area contributed by atoms with Gasteiger partial charge in [0, 0.05) is 29.3 Å². The van der Waals surface area contributed by atoms with Crippen LogP contribution in [0.4, 0.5) is 5.69 Å². The van der Waals surface area contributed by atoms with Crippen LogP contribution in [0.25, 0.3) is 5.69 Å². The van der Waals surface area contributed by atoms with E-state index in [-0.39, 0.29) is 23.4 Å². The minimum absolute atomic E-state index is 0.105. The number of hydrogen-bond acceptors (Lipinski definition) is 7. The number of hydrogen-bond donors (Lipinski definition) is 2. The first-order chi connectivity index (χ1) is 17.5. The molecule has 38 heavy (non-hydrogen) atoms. The van der Waals surface area contributed by atoms with E-state index >= 15 is 0 Å². The summed E-state index contributed by atoms with van der Waals surface area (Å²) in [4.78, 5) is 23.3. The zero-order valence-corrected chi connectivity index (χ0v) is 23.6. The van der Waals surface area contributed by atoms with E-state index in [1.807, 2.05) is 45.9 Å². The predicted octanol–water partition coefficient (Wildman–Crippen LogP) is 4.71. The van der Waals surface area contributed by atoms with Crippen LogP contribution in [0.1, 0.15) is 61.8 Å². The van der Waals surface area contributed by atoms with E-state index in [0.717, 1.165) is 23.3 Å². The lowest BCUT2D eigenvalue weighted by Gasteiger charge is -2.21. The molecule has 0 bridgehead atoms. The topological polar surface area (TPSA) is 145 Å². The van der Waals surface area contributed by atoms with E-state index < -0.39 is 37.0 Å². The number of rotatable bonds is 8. The van der Waals surface area contributed by atoms with Crippen LogP contribution in [-0.4, -0.2) is 40.6 Å². The molecule has 0 spiro atoms. The number of non-ortho nitro benzene ring substituents is 1. The van der Waals surface area contributed by atoms with Gasteiger partial charge < -0.3 is 10.1 Å². The molecule has 12 heteroatoms. The molecule has 0 saturated heterocycles. The largest absolute Gasteiger partial charge is 0.437 e. The van der Waals surface area contributed by atoms with Gasteiger partial charge in [-0.3, -0.25) is 14.9 Å². The number of nitro benzene ring substituents is 1. The Bertz CT molecular complexity index is 1500. The molecule has 0 aliphatic carbocycles. The summed E-state index contributed by atoms with van der Waals surface area (Å²) >= 11 is 0. The standard InChI is InChI=1S/C26H33N5O6S/c1-15(2)27-24(32)23-18(5)25(30(28-23)20-13-16(3)9-10-17(20)4)37-21-12-11-19(31(33)34)14-22(21)38(35,36)29-26(6,7)8/h9-15,29H,1-8H3,(H,27,32). The smallest absolute Gasteiger partial charge is 0.272 e. The van der Waals surface area contributed by atoms with E-state index in [9.17, 15) is 23.3 Å². The van der Waals surface area contributed by atoms with Gasteiger partial charge >= 0.3 is 0 Å². The Balaban J connectivity index is 2.27. The summed E-state index contributed by atoms with van der Waals surface area (Å²) in [5.41, 5.74) is 1.60. The van der Waals surface area contributed by atoms with Crippen molar-refractivity contribution in [2.75, 3.05) is 0 Å². The van der Waals surface area contributed by atoms with E-state index in [1.165, 1.54) is 10.7 Å². The Labute approximate surface area is 222 Å². The van der Waals surface area contributed by atoms with Crippen molar-refractivity contribution < 1.29 is 22.9 Å². The quantitative estimate of drug-likeness (QED) is 0.309. The van der Waals surface area contributed by atoms with Crippen LogP contribution in [0.15, 0.2) is 41.3 Å². The maximum absolute atomic E-state index is 13.3. The Morgan fingerprint density at radius 3 is 2.34 bits per heavy atom. The molecule has 1 aromatic heterocycles. The van der Waals surface area contributed by atoms with E-state index in [1.54, 1.807) is 27.7 Å². The molecule has 0 atom stereocenters. The number of carbonyl (C=O) groups excluding carboxylic acids is 1. The second-order valence-corrected chi connectivity index (χ2v) is 12.1. The molecule has 3 aromatic rings. The number of nitrogens with zero attached hydrogens (tertiary/aromatic N) is 3. The predicted molar refractivity (Wildman–Crippen MR) is 144 cm³/mol. The van der Waals surface area contributed by atoms with Gasteiger partial charge in [0.1, 0.15) is 10.6 Å². The highest BCUT2D eigenvalue weighted by molar-refractivity contribution is 7.89. The highest BCUT2D eigenvalue weighted by Gasteiger charge is 2.30. The first-order valence-corrected chi connectivity index (χ1v) is 13.5. The Kier molecular flexibility index (Phi) is 7.99. The molecule has 0 radical (unpaired) electrons. The van der Waals surface area contributed by atoms with E-state index in [0.29, 0.717) is 11.3 Å². The zero-order chi connectivity index (χ0) is 28.6. The van der Waals surface area contributed by atoms with Crippen molar-refractivity contribution in [1.82, 2.24) is 19.8 Å². The van der Waals surface area contributed by atoms with Gasteiger partial charge in [0.2, 0.25) is 15.9 Å². The van der Waals surface area contributed by atoms with Gasteiger partial charge in [0.25, 0.3) is 11.6 Å². The van der Waals surface area contributed by atoms with Crippen molar-refractivity contribution in [1.29, 1.82) is 0 Å². The summed E-state index contributed by atoms with van der Waals surface area (Å²) in [5.74, 6) is -0.469. The molecular formula is C26H33N5O6S. The summed E-state index contributed by atoms with van der Waals surface area (Å²) in [6.07, 6.45) is 0. The first kappa shape index (κ1) is 28.8. The minimum atomic E-state index is -4.24. The van der Waals surface area contributed by atoms with E-state index in [4.69, 9.17) is 4.74 Å². The second-order valence-electron chi connectivity index (χ2n) is 10.5. The zero-order valence-electron chi connectivity index (χ0n) is 22.7. The molecular weight excluding hydrogens is 510 g/mol. The SMILES string of the molecule is Cc1ccc(C)c(-n2nc(C(=O)NC(C)C)c(C)c2Oc2ccc([N+](=O)[O-])cc2S(=O)(=O)NC(C)(C)C)c1. The number of sulfonamides is 1. The van der Waals surface area contributed by atoms with Crippen molar-refractivity contribution in [3.05, 3.63) is 68.9 Å². The van der Waals surface area contributed by atoms with Crippen molar-refractivity contribution in [2.45, 2.75) is 71.9 Å². The van der Waals surface area contributed by atoms with Gasteiger partial charge in [0.05, 0.1) is 10.6 Å². The molecule has 2 N–H and O–H groups in total. The average Bonchev–Trinajstić information content (AvgIpc) is 3.09. The third-order valence-corrected chi connectivity index (χ3v) is 7.15. The molecule has 0 unspecified atom stereocenters. The van der Waals surface area contributed by atoms with Gasteiger partial charge in [-0.05, 0) is 78.6 Å². The molecule has 1 amide bonds. The highest BCUT2D eigenvalue weighted by Crippen LogP contribution is 2.36. The van der Waals surface area contributed by atoms with Crippen molar-refractivity contribution >= 4 is 21.6 Å². The number of aromatic nitrogens is 2.